The SMILES string of the molecule is CC(C)c1ccccc1OCC(=O)NC(=S)NCCc1ccccc1. The number of benzene rings is 2. The van der Waals surface area contributed by atoms with Crippen molar-refractivity contribution in [1.29, 1.82) is 0 Å². The molecule has 0 spiro atoms. The topological polar surface area (TPSA) is 50.4 Å². The lowest BCUT2D eigenvalue weighted by molar-refractivity contribution is -0.121. The van der Waals surface area contributed by atoms with Gasteiger partial charge >= 0.3 is 0 Å². The van der Waals surface area contributed by atoms with Crippen molar-refractivity contribution in [2.45, 2.75) is 26.2 Å². The van der Waals surface area contributed by atoms with Crippen LogP contribution in [0.25, 0.3) is 0 Å². The van der Waals surface area contributed by atoms with E-state index in [1.165, 1.54) is 5.56 Å². The van der Waals surface area contributed by atoms with Gasteiger partial charge in [0.1, 0.15) is 5.75 Å². The van der Waals surface area contributed by atoms with E-state index in [4.69, 9.17) is 17.0 Å². The molecule has 1 amide bonds. The van der Waals surface area contributed by atoms with Gasteiger partial charge in [-0.15, -0.1) is 0 Å². The second-order valence-corrected chi connectivity index (χ2v) is 6.43. The summed E-state index contributed by atoms with van der Waals surface area (Å²) < 4.78 is 5.64. The third-order valence-electron chi connectivity index (χ3n) is 3.69. The van der Waals surface area contributed by atoms with Crippen LogP contribution in [0.4, 0.5) is 0 Å². The molecule has 0 aliphatic heterocycles. The highest BCUT2D eigenvalue weighted by atomic mass is 32.1. The molecule has 0 fully saturated rings. The van der Waals surface area contributed by atoms with Crippen LogP contribution in [-0.2, 0) is 11.2 Å². The first kappa shape index (κ1) is 18.9. The number of thiocarbonyl (C=S) groups is 1. The minimum atomic E-state index is -0.268. The number of carbonyl (C=O) groups excluding carboxylic acids is 1. The Morgan fingerprint density at radius 1 is 1.08 bits per heavy atom. The zero-order chi connectivity index (χ0) is 18.1. The number of carbonyl (C=O) groups is 1. The summed E-state index contributed by atoms with van der Waals surface area (Å²) in [5, 5.41) is 6.00. The molecule has 0 radical (unpaired) electrons. The van der Waals surface area contributed by atoms with Crippen molar-refractivity contribution in [2.24, 2.45) is 0 Å². The van der Waals surface area contributed by atoms with E-state index in [1.54, 1.807) is 0 Å². The Morgan fingerprint density at radius 2 is 1.76 bits per heavy atom. The van der Waals surface area contributed by atoms with E-state index in [2.05, 4.69) is 36.6 Å². The summed E-state index contributed by atoms with van der Waals surface area (Å²) in [5.74, 6) is 0.798. The number of hydrogen-bond donors (Lipinski definition) is 2. The van der Waals surface area contributed by atoms with E-state index in [-0.39, 0.29) is 12.5 Å². The Kier molecular flexibility index (Phi) is 7.41. The molecule has 2 rings (SSSR count). The lowest BCUT2D eigenvalue weighted by atomic mass is 10.0. The normalized spacial score (nSPS) is 10.4. The second kappa shape index (κ2) is 9.79. The van der Waals surface area contributed by atoms with Crippen molar-refractivity contribution in [1.82, 2.24) is 10.6 Å². The van der Waals surface area contributed by atoms with Gasteiger partial charge in [-0.1, -0.05) is 62.4 Å². The van der Waals surface area contributed by atoms with E-state index >= 15 is 0 Å². The van der Waals surface area contributed by atoms with Crippen molar-refractivity contribution in [3.05, 3.63) is 65.7 Å². The van der Waals surface area contributed by atoms with Crippen molar-refractivity contribution < 1.29 is 9.53 Å². The minimum absolute atomic E-state index is 0.0652. The van der Waals surface area contributed by atoms with Crippen LogP contribution in [0.15, 0.2) is 54.6 Å². The van der Waals surface area contributed by atoms with E-state index in [9.17, 15) is 4.79 Å². The number of para-hydroxylation sites is 1. The van der Waals surface area contributed by atoms with Crippen LogP contribution in [0, 0.1) is 0 Å². The highest BCUT2D eigenvalue weighted by Crippen LogP contribution is 2.25. The molecule has 0 aromatic heterocycles. The van der Waals surface area contributed by atoms with E-state index in [1.807, 2.05) is 42.5 Å². The molecule has 5 heteroatoms. The number of nitrogens with one attached hydrogen (secondary N) is 2. The molecule has 2 N–H and O–H groups in total. The summed E-state index contributed by atoms with van der Waals surface area (Å²) >= 11 is 5.15. The van der Waals surface area contributed by atoms with Crippen molar-refractivity contribution >= 4 is 23.2 Å². The highest BCUT2D eigenvalue weighted by Gasteiger charge is 2.10. The van der Waals surface area contributed by atoms with E-state index in [0.29, 0.717) is 17.6 Å². The van der Waals surface area contributed by atoms with Crippen LogP contribution in [0.5, 0.6) is 5.75 Å². The maximum atomic E-state index is 12.0. The molecule has 0 saturated carbocycles. The predicted molar refractivity (Wildman–Crippen MR) is 105 cm³/mol. The molecule has 132 valence electrons. The van der Waals surface area contributed by atoms with Gasteiger partial charge in [-0.25, -0.2) is 0 Å². The van der Waals surface area contributed by atoms with Gasteiger partial charge in [0, 0.05) is 6.54 Å². The lowest BCUT2D eigenvalue weighted by Gasteiger charge is -2.14. The Balaban J connectivity index is 1.72. The molecule has 25 heavy (non-hydrogen) atoms. The smallest absolute Gasteiger partial charge is 0.264 e. The van der Waals surface area contributed by atoms with Crippen LogP contribution in [0.3, 0.4) is 0 Å². The summed E-state index contributed by atoms with van der Waals surface area (Å²) in [7, 11) is 0. The maximum absolute atomic E-state index is 12.0. The number of ether oxygens (including phenoxy) is 1. The zero-order valence-electron chi connectivity index (χ0n) is 14.6. The maximum Gasteiger partial charge on any atom is 0.264 e. The molecule has 0 heterocycles. The van der Waals surface area contributed by atoms with Gasteiger partial charge in [-0.05, 0) is 41.7 Å². The van der Waals surface area contributed by atoms with Crippen molar-refractivity contribution in [3.63, 3.8) is 0 Å². The number of hydrogen-bond acceptors (Lipinski definition) is 3. The fraction of sp³-hybridized carbons (Fsp3) is 0.300. The average molecular weight is 356 g/mol. The van der Waals surface area contributed by atoms with Gasteiger partial charge in [-0.2, -0.15) is 0 Å². The standard InChI is InChI=1S/C20H24N2O2S/c1-15(2)17-10-6-7-11-18(17)24-14-19(23)22-20(25)21-13-12-16-8-4-3-5-9-16/h3-11,15H,12-14H2,1-2H3,(H2,21,22,23,25). The van der Waals surface area contributed by atoms with Crippen LogP contribution < -0.4 is 15.4 Å². The Labute approximate surface area is 154 Å². The Bertz CT molecular complexity index is 702. The molecule has 0 saturated heterocycles. The first-order valence-corrected chi connectivity index (χ1v) is 8.80. The second-order valence-electron chi connectivity index (χ2n) is 6.02. The van der Waals surface area contributed by atoms with E-state index < -0.39 is 0 Å². The molecular formula is C20H24N2O2S. The predicted octanol–water partition coefficient (Wildman–Crippen LogP) is 3.42. The van der Waals surface area contributed by atoms with E-state index in [0.717, 1.165) is 17.7 Å². The summed E-state index contributed by atoms with van der Waals surface area (Å²) in [5.41, 5.74) is 2.30. The van der Waals surface area contributed by atoms with Gasteiger partial charge < -0.3 is 15.4 Å². The molecule has 0 aliphatic carbocycles. The van der Waals surface area contributed by atoms with Gasteiger partial charge in [0.15, 0.2) is 11.7 Å². The molecule has 0 unspecified atom stereocenters. The fourth-order valence-electron chi connectivity index (χ4n) is 2.40. The molecule has 0 bridgehead atoms. The minimum Gasteiger partial charge on any atom is -0.483 e. The Morgan fingerprint density at radius 3 is 2.48 bits per heavy atom. The summed E-state index contributed by atoms with van der Waals surface area (Å²) in [6.07, 6.45) is 0.842. The number of amides is 1. The third kappa shape index (κ3) is 6.55. The Hall–Kier alpha value is -2.40. The molecular weight excluding hydrogens is 332 g/mol. The van der Waals surface area contributed by atoms with Gasteiger partial charge in [0.2, 0.25) is 0 Å². The van der Waals surface area contributed by atoms with Gasteiger partial charge in [0.25, 0.3) is 5.91 Å². The average Bonchev–Trinajstić information content (AvgIpc) is 2.61. The first-order chi connectivity index (χ1) is 12.1. The lowest BCUT2D eigenvalue weighted by Crippen LogP contribution is -2.42. The molecule has 0 aliphatic rings. The first-order valence-electron chi connectivity index (χ1n) is 8.39. The number of rotatable bonds is 7. The summed E-state index contributed by atoms with van der Waals surface area (Å²) in [6, 6.07) is 17.9. The summed E-state index contributed by atoms with van der Waals surface area (Å²) in [6.45, 7) is 4.78. The van der Waals surface area contributed by atoms with Crippen molar-refractivity contribution in [2.75, 3.05) is 13.2 Å². The van der Waals surface area contributed by atoms with Crippen LogP contribution in [0.2, 0.25) is 0 Å². The fourth-order valence-corrected chi connectivity index (χ4v) is 2.62. The van der Waals surface area contributed by atoms with Crippen LogP contribution in [0.1, 0.15) is 30.9 Å². The molecule has 2 aromatic carbocycles. The van der Waals surface area contributed by atoms with Gasteiger partial charge in [-0.3, -0.25) is 4.79 Å². The monoisotopic (exact) mass is 356 g/mol. The molecule has 0 atom stereocenters. The largest absolute Gasteiger partial charge is 0.483 e. The zero-order valence-corrected chi connectivity index (χ0v) is 15.4. The van der Waals surface area contributed by atoms with Gasteiger partial charge in [0.05, 0.1) is 0 Å². The quantitative estimate of drug-likeness (QED) is 0.747. The van der Waals surface area contributed by atoms with Crippen molar-refractivity contribution in [3.8, 4) is 5.75 Å². The molecule has 2 aromatic rings. The third-order valence-corrected chi connectivity index (χ3v) is 3.94. The highest BCUT2D eigenvalue weighted by molar-refractivity contribution is 7.80. The summed E-state index contributed by atoms with van der Waals surface area (Å²) in [4.78, 5) is 12.0. The molecule has 4 nitrogen and oxygen atoms in total. The van der Waals surface area contributed by atoms with Crippen LogP contribution >= 0.6 is 12.2 Å². The van der Waals surface area contributed by atoms with Crippen LogP contribution in [-0.4, -0.2) is 24.2 Å².